The molecule has 2 unspecified atom stereocenters. The average molecular weight is 421 g/mol. The van der Waals surface area contributed by atoms with Crippen molar-refractivity contribution in [3.05, 3.63) is 50.7 Å². The summed E-state index contributed by atoms with van der Waals surface area (Å²) < 4.78 is 1.48. The molecule has 1 aliphatic rings. The number of carbonyl (C=O) groups excluding carboxylic acids is 2. The summed E-state index contributed by atoms with van der Waals surface area (Å²) in [6.45, 7) is 3.80. The van der Waals surface area contributed by atoms with Crippen LogP contribution < -0.4 is 16.0 Å². The molecule has 1 saturated heterocycles. The molecule has 2 heterocycles. The Labute approximate surface area is 171 Å². The lowest BCUT2D eigenvalue weighted by Crippen LogP contribution is -2.53. The van der Waals surface area contributed by atoms with E-state index in [0.29, 0.717) is 17.9 Å². The normalized spacial score (nSPS) is 18.9. The van der Waals surface area contributed by atoms with Gasteiger partial charge in [-0.15, -0.1) is 0 Å². The fraction of sp³-hybridized carbons (Fsp3) is 0.389. The van der Waals surface area contributed by atoms with E-state index in [2.05, 4.69) is 21.0 Å². The van der Waals surface area contributed by atoms with Crippen LogP contribution in [-0.4, -0.2) is 32.6 Å². The van der Waals surface area contributed by atoms with Crippen molar-refractivity contribution >= 4 is 34.9 Å². The zero-order valence-electron chi connectivity index (χ0n) is 15.9. The van der Waals surface area contributed by atoms with Crippen molar-refractivity contribution in [3.63, 3.8) is 0 Å². The fourth-order valence-corrected chi connectivity index (χ4v) is 3.40. The molecule has 0 bridgehead atoms. The van der Waals surface area contributed by atoms with Gasteiger partial charge in [-0.3, -0.25) is 25.0 Å². The molecular formula is C18H21ClN6O4. The van der Waals surface area contributed by atoms with E-state index >= 15 is 0 Å². The molecule has 1 aromatic heterocycles. The summed E-state index contributed by atoms with van der Waals surface area (Å²) in [4.78, 5) is 35.1. The maximum Gasteiger partial charge on any atom is 0.288 e. The molecule has 3 rings (SSSR count). The molecule has 154 valence electrons. The van der Waals surface area contributed by atoms with Crippen LogP contribution in [0.4, 0.5) is 11.5 Å². The van der Waals surface area contributed by atoms with Crippen molar-refractivity contribution in [3.8, 4) is 0 Å². The third kappa shape index (κ3) is 4.72. The minimum Gasteiger partial charge on any atom is -0.322 e. The van der Waals surface area contributed by atoms with Crippen LogP contribution in [0.25, 0.3) is 0 Å². The zero-order valence-corrected chi connectivity index (χ0v) is 16.7. The van der Waals surface area contributed by atoms with Crippen LogP contribution in [0.3, 0.4) is 0 Å². The molecule has 1 fully saturated rings. The van der Waals surface area contributed by atoms with Gasteiger partial charge in [0.2, 0.25) is 5.91 Å². The monoisotopic (exact) mass is 420 g/mol. The first kappa shape index (κ1) is 20.7. The first-order valence-electron chi connectivity index (χ1n) is 9.15. The lowest BCUT2D eigenvalue weighted by Gasteiger charge is -2.32. The standard InChI is InChI=1S/C18H21ClN6O4/c1-3-4-12-9-16(26)22-18(20-12)24-15(7-10(2)23-24)21-17(27)11-5-6-13(19)14(8-11)25(28)29/h5-8,12,18,20H,3-4,9H2,1-2H3,(H,21,27)(H,22,26). The number of nitro groups is 1. The van der Waals surface area contributed by atoms with Crippen LogP contribution in [0, 0.1) is 17.0 Å². The fourth-order valence-electron chi connectivity index (χ4n) is 3.21. The number of anilines is 1. The van der Waals surface area contributed by atoms with Gasteiger partial charge in [0.05, 0.1) is 10.6 Å². The van der Waals surface area contributed by atoms with E-state index in [1.807, 2.05) is 6.92 Å². The Bertz CT molecular complexity index is 960. The summed E-state index contributed by atoms with van der Waals surface area (Å²) in [5.74, 6) is -0.316. The molecule has 11 heteroatoms. The number of benzene rings is 1. The number of nitro benzene ring substituents is 1. The van der Waals surface area contributed by atoms with E-state index in [1.54, 1.807) is 13.0 Å². The number of aryl methyl sites for hydroxylation is 1. The van der Waals surface area contributed by atoms with Gasteiger partial charge in [0.25, 0.3) is 11.6 Å². The van der Waals surface area contributed by atoms with Crippen molar-refractivity contribution in [2.24, 2.45) is 0 Å². The smallest absolute Gasteiger partial charge is 0.288 e. The van der Waals surface area contributed by atoms with Crippen LogP contribution >= 0.6 is 11.6 Å². The molecule has 2 aromatic rings. The summed E-state index contributed by atoms with van der Waals surface area (Å²) in [5.41, 5.74) is 0.361. The van der Waals surface area contributed by atoms with Gasteiger partial charge >= 0.3 is 0 Å². The highest BCUT2D eigenvalue weighted by atomic mass is 35.5. The molecular weight excluding hydrogens is 400 g/mol. The van der Waals surface area contributed by atoms with E-state index in [-0.39, 0.29) is 28.2 Å². The molecule has 0 radical (unpaired) electrons. The Hall–Kier alpha value is -2.98. The van der Waals surface area contributed by atoms with Crippen molar-refractivity contribution in [1.29, 1.82) is 0 Å². The minimum absolute atomic E-state index is 0.00530. The van der Waals surface area contributed by atoms with E-state index in [9.17, 15) is 19.7 Å². The number of hydrogen-bond donors (Lipinski definition) is 3. The molecule has 1 aromatic carbocycles. The molecule has 10 nitrogen and oxygen atoms in total. The highest BCUT2D eigenvalue weighted by Gasteiger charge is 2.28. The highest BCUT2D eigenvalue weighted by Crippen LogP contribution is 2.26. The predicted molar refractivity (Wildman–Crippen MR) is 107 cm³/mol. The van der Waals surface area contributed by atoms with Crippen molar-refractivity contribution in [2.75, 3.05) is 5.32 Å². The number of aromatic nitrogens is 2. The Morgan fingerprint density at radius 1 is 1.45 bits per heavy atom. The zero-order chi connectivity index (χ0) is 21.1. The number of nitrogens with zero attached hydrogens (tertiary/aromatic N) is 3. The molecule has 29 heavy (non-hydrogen) atoms. The number of halogens is 1. The number of amides is 2. The predicted octanol–water partition coefficient (Wildman–Crippen LogP) is 2.74. The highest BCUT2D eigenvalue weighted by molar-refractivity contribution is 6.32. The Morgan fingerprint density at radius 2 is 2.21 bits per heavy atom. The minimum atomic E-state index is -0.650. The summed E-state index contributed by atoms with van der Waals surface area (Å²) in [6, 6.07) is 5.47. The van der Waals surface area contributed by atoms with E-state index in [1.165, 1.54) is 16.8 Å². The first-order valence-corrected chi connectivity index (χ1v) is 9.53. The molecule has 2 amide bonds. The molecule has 0 saturated carbocycles. The van der Waals surface area contributed by atoms with E-state index < -0.39 is 17.1 Å². The third-order valence-corrected chi connectivity index (χ3v) is 4.83. The van der Waals surface area contributed by atoms with Gasteiger partial charge in [-0.1, -0.05) is 24.9 Å². The largest absolute Gasteiger partial charge is 0.322 e. The maximum absolute atomic E-state index is 12.6. The Morgan fingerprint density at radius 3 is 2.90 bits per heavy atom. The Kier molecular flexibility index (Phi) is 6.14. The number of carbonyl (C=O) groups is 2. The molecule has 2 atom stereocenters. The number of rotatable bonds is 6. The topological polar surface area (TPSA) is 131 Å². The second-order valence-electron chi connectivity index (χ2n) is 6.82. The van der Waals surface area contributed by atoms with Crippen LogP contribution in [0.5, 0.6) is 0 Å². The van der Waals surface area contributed by atoms with Gasteiger partial charge in [0.1, 0.15) is 10.8 Å². The van der Waals surface area contributed by atoms with Gasteiger partial charge < -0.3 is 10.6 Å². The first-order chi connectivity index (χ1) is 13.8. The molecule has 3 N–H and O–H groups in total. The van der Waals surface area contributed by atoms with Crippen LogP contribution in [0.15, 0.2) is 24.3 Å². The van der Waals surface area contributed by atoms with Gasteiger partial charge in [0.15, 0.2) is 6.29 Å². The number of nitrogens with one attached hydrogen (secondary N) is 3. The van der Waals surface area contributed by atoms with Crippen LogP contribution in [0.2, 0.25) is 5.02 Å². The van der Waals surface area contributed by atoms with E-state index in [0.717, 1.165) is 18.9 Å². The molecule has 0 aliphatic carbocycles. The van der Waals surface area contributed by atoms with Gasteiger partial charge in [-0.2, -0.15) is 5.10 Å². The summed E-state index contributed by atoms with van der Waals surface area (Å²) >= 11 is 5.80. The summed E-state index contributed by atoms with van der Waals surface area (Å²) in [7, 11) is 0. The second kappa shape index (κ2) is 8.58. The van der Waals surface area contributed by atoms with E-state index in [4.69, 9.17) is 11.6 Å². The van der Waals surface area contributed by atoms with Crippen LogP contribution in [0.1, 0.15) is 48.5 Å². The summed E-state index contributed by atoms with van der Waals surface area (Å²) in [6.07, 6.45) is 1.52. The van der Waals surface area contributed by atoms with Gasteiger partial charge in [0, 0.05) is 30.2 Å². The van der Waals surface area contributed by atoms with Gasteiger partial charge in [-0.25, -0.2) is 4.68 Å². The Balaban J connectivity index is 1.84. The van der Waals surface area contributed by atoms with Crippen LogP contribution in [-0.2, 0) is 4.79 Å². The average Bonchev–Trinajstić information content (AvgIpc) is 3.01. The third-order valence-electron chi connectivity index (χ3n) is 4.51. The van der Waals surface area contributed by atoms with Crippen molar-refractivity contribution < 1.29 is 14.5 Å². The lowest BCUT2D eigenvalue weighted by atomic mass is 10.1. The quantitative estimate of drug-likeness (QED) is 0.486. The SMILES string of the molecule is CCCC1CC(=O)NC(n2nc(C)cc2NC(=O)c2ccc(Cl)c([N+](=O)[O-])c2)N1. The molecule has 0 spiro atoms. The van der Waals surface area contributed by atoms with Gasteiger partial charge in [-0.05, 0) is 25.5 Å². The lowest BCUT2D eigenvalue weighted by molar-refractivity contribution is -0.384. The number of hydrogen-bond acceptors (Lipinski definition) is 6. The summed E-state index contributed by atoms with van der Waals surface area (Å²) in [5, 5.41) is 24.2. The van der Waals surface area contributed by atoms with Crippen molar-refractivity contribution in [1.82, 2.24) is 20.4 Å². The maximum atomic E-state index is 12.6. The molecule has 1 aliphatic heterocycles. The van der Waals surface area contributed by atoms with Crippen molar-refractivity contribution in [2.45, 2.75) is 45.4 Å². The second-order valence-corrected chi connectivity index (χ2v) is 7.23.